The van der Waals surface area contributed by atoms with Crippen molar-refractivity contribution in [1.29, 1.82) is 0 Å². The zero-order valence-corrected chi connectivity index (χ0v) is 19.1. The van der Waals surface area contributed by atoms with E-state index < -0.39 is 12.0 Å². The van der Waals surface area contributed by atoms with Crippen LogP contribution in [0, 0.1) is 19.8 Å². The summed E-state index contributed by atoms with van der Waals surface area (Å²) in [6.07, 6.45) is 0. The molecule has 2 heterocycles. The molecule has 0 aliphatic rings. The summed E-state index contributed by atoms with van der Waals surface area (Å²) in [6.45, 7) is 12.2. The van der Waals surface area contributed by atoms with Crippen molar-refractivity contribution in [3.05, 3.63) is 45.3 Å². The van der Waals surface area contributed by atoms with E-state index in [4.69, 9.17) is 9.47 Å². The Morgan fingerprint density at radius 3 is 2.43 bits per heavy atom. The number of nitrogens with zero attached hydrogens (tertiary/aromatic N) is 2. The molecule has 160 valence electrons. The van der Waals surface area contributed by atoms with Gasteiger partial charge in [-0.3, -0.25) is 9.36 Å². The molecule has 0 radical (unpaired) electrons. The highest BCUT2D eigenvalue weighted by atomic mass is 32.1. The summed E-state index contributed by atoms with van der Waals surface area (Å²) in [5.41, 5.74) is 1.55. The first-order valence-corrected chi connectivity index (χ1v) is 11.0. The number of ether oxygens (including phenoxy) is 2. The number of carbonyl (C=O) groups excluding carboxylic acids is 1. The Labute approximate surface area is 180 Å². The molecule has 0 fully saturated rings. The van der Waals surface area contributed by atoms with Crippen LogP contribution in [0.4, 0.5) is 0 Å². The topological polar surface area (TPSA) is 70.4 Å². The number of benzene rings is 1. The lowest BCUT2D eigenvalue weighted by Crippen LogP contribution is -2.32. The highest BCUT2D eigenvalue weighted by Gasteiger charge is 2.25. The third-order valence-corrected chi connectivity index (χ3v) is 5.85. The zero-order valence-electron chi connectivity index (χ0n) is 18.3. The summed E-state index contributed by atoms with van der Waals surface area (Å²) in [4.78, 5) is 32.4. The van der Waals surface area contributed by atoms with Gasteiger partial charge in [-0.05, 0) is 51.3 Å². The molecule has 0 saturated carbocycles. The van der Waals surface area contributed by atoms with E-state index in [1.165, 1.54) is 15.9 Å². The fraction of sp³-hybridized carbons (Fsp3) is 0.435. The Bertz CT molecular complexity index is 1110. The number of fused-ring (bicyclic) bond motifs is 1. The first kappa shape index (κ1) is 22.0. The van der Waals surface area contributed by atoms with Gasteiger partial charge in [0, 0.05) is 10.4 Å². The minimum atomic E-state index is -0.749. The lowest BCUT2D eigenvalue weighted by molar-refractivity contribution is -0.148. The predicted octanol–water partition coefficient (Wildman–Crippen LogP) is 4.90. The van der Waals surface area contributed by atoms with E-state index in [9.17, 15) is 9.59 Å². The van der Waals surface area contributed by atoms with Crippen molar-refractivity contribution in [2.45, 2.75) is 47.6 Å². The molecule has 6 nitrogen and oxygen atoms in total. The number of aryl methyl sites for hydroxylation is 2. The van der Waals surface area contributed by atoms with Gasteiger partial charge < -0.3 is 9.47 Å². The van der Waals surface area contributed by atoms with Crippen molar-refractivity contribution in [2.24, 2.45) is 5.92 Å². The van der Waals surface area contributed by atoms with Crippen molar-refractivity contribution in [2.75, 3.05) is 13.2 Å². The monoisotopic (exact) mass is 428 g/mol. The Morgan fingerprint density at radius 1 is 1.17 bits per heavy atom. The predicted molar refractivity (Wildman–Crippen MR) is 120 cm³/mol. The second-order valence-corrected chi connectivity index (χ2v) is 8.91. The number of hydrogen-bond donors (Lipinski definition) is 0. The quantitative estimate of drug-likeness (QED) is 0.501. The van der Waals surface area contributed by atoms with Crippen molar-refractivity contribution in [3.63, 3.8) is 0 Å². The summed E-state index contributed by atoms with van der Waals surface area (Å²) in [5.74, 6) is 1.09. The highest BCUT2D eigenvalue weighted by Crippen LogP contribution is 2.36. The second kappa shape index (κ2) is 9.00. The SMILES string of the molecule is CCOc1ccc(-c2c(C)sc3nc(C)n(C(C)C(=O)OCC(C)C)c(=O)c23)cc1. The molecule has 0 bridgehead atoms. The fourth-order valence-corrected chi connectivity index (χ4v) is 4.52. The second-order valence-electron chi connectivity index (χ2n) is 7.70. The first-order chi connectivity index (χ1) is 14.2. The Hall–Kier alpha value is -2.67. The Kier molecular flexibility index (Phi) is 6.61. The minimum Gasteiger partial charge on any atom is -0.494 e. The molecular formula is C23H28N2O4S. The molecule has 2 aromatic heterocycles. The molecule has 3 rings (SSSR count). The highest BCUT2D eigenvalue weighted by molar-refractivity contribution is 7.19. The van der Waals surface area contributed by atoms with Crippen LogP contribution in [0.5, 0.6) is 5.75 Å². The van der Waals surface area contributed by atoms with Gasteiger partial charge in [-0.15, -0.1) is 11.3 Å². The standard InChI is InChI=1S/C23H28N2O4S/c1-7-28-18-10-8-17(9-11-18)19-15(5)30-21-20(19)22(26)25(16(6)24-21)14(4)23(27)29-12-13(2)3/h8-11,13-14H,7,12H2,1-6H3. The molecule has 1 unspecified atom stereocenters. The van der Waals surface area contributed by atoms with Gasteiger partial charge in [0.25, 0.3) is 5.56 Å². The summed E-state index contributed by atoms with van der Waals surface area (Å²) >= 11 is 1.49. The number of rotatable bonds is 7. The summed E-state index contributed by atoms with van der Waals surface area (Å²) in [5, 5.41) is 0.538. The minimum absolute atomic E-state index is 0.222. The maximum absolute atomic E-state index is 13.5. The molecule has 0 aliphatic carbocycles. The van der Waals surface area contributed by atoms with Gasteiger partial charge in [0.1, 0.15) is 22.4 Å². The third kappa shape index (κ3) is 4.26. The van der Waals surface area contributed by atoms with E-state index >= 15 is 0 Å². The van der Waals surface area contributed by atoms with E-state index in [0.717, 1.165) is 21.8 Å². The number of thiophene rings is 1. The van der Waals surface area contributed by atoms with Gasteiger partial charge in [-0.1, -0.05) is 26.0 Å². The van der Waals surface area contributed by atoms with Gasteiger partial charge in [0.05, 0.1) is 18.6 Å². The number of esters is 1. The molecule has 3 aromatic rings. The number of aromatic nitrogens is 2. The van der Waals surface area contributed by atoms with E-state index in [-0.39, 0.29) is 11.5 Å². The van der Waals surface area contributed by atoms with Crippen molar-refractivity contribution >= 4 is 27.5 Å². The molecular weight excluding hydrogens is 400 g/mol. The van der Waals surface area contributed by atoms with E-state index in [1.54, 1.807) is 13.8 Å². The lowest BCUT2D eigenvalue weighted by atomic mass is 10.0. The largest absolute Gasteiger partial charge is 0.494 e. The van der Waals surface area contributed by atoms with Crippen LogP contribution in [0.15, 0.2) is 29.1 Å². The van der Waals surface area contributed by atoms with Crippen LogP contribution >= 0.6 is 11.3 Å². The van der Waals surface area contributed by atoms with Crippen LogP contribution in [-0.4, -0.2) is 28.7 Å². The smallest absolute Gasteiger partial charge is 0.329 e. The Morgan fingerprint density at radius 2 is 1.83 bits per heavy atom. The maximum Gasteiger partial charge on any atom is 0.329 e. The fourth-order valence-electron chi connectivity index (χ4n) is 3.44. The number of carbonyl (C=O) groups is 1. The van der Waals surface area contributed by atoms with Gasteiger partial charge in [0.15, 0.2) is 0 Å². The molecule has 7 heteroatoms. The van der Waals surface area contributed by atoms with E-state index in [2.05, 4.69) is 4.98 Å². The third-order valence-electron chi connectivity index (χ3n) is 4.85. The molecule has 0 aliphatic heterocycles. The van der Waals surface area contributed by atoms with Crippen molar-refractivity contribution < 1.29 is 14.3 Å². The van der Waals surface area contributed by atoms with Crippen LogP contribution in [0.3, 0.4) is 0 Å². The van der Waals surface area contributed by atoms with Crippen LogP contribution in [0.2, 0.25) is 0 Å². The van der Waals surface area contributed by atoms with Crippen LogP contribution in [0.1, 0.15) is 44.4 Å². The molecule has 1 aromatic carbocycles. The molecule has 30 heavy (non-hydrogen) atoms. The van der Waals surface area contributed by atoms with E-state index in [1.807, 2.05) is 52.0 Å². The summed E-state index contributed by atoms with van der Waals surface area (Å²) < 4.78 is 12.3. The zero-order chi connectivity index (χ0) is 22.0. The molecule has 0 spiro atoms. The van der Waals surface area contributed by atoms with E-state index in [0.29, 0.717) is 29.3 Å². The van der Waals surface area contributed by atoms with Gasteiger partial charge in [-0.25, -0.2) is 9.78 Å². The first-order valence-electron chi connectivity index (χ1n) is 10.2. The summed E-state index contributed by atoms with van der Waals surface area (Å²) in [7, 11) is 0. The van der Waals surface area contributed by atoms with Gasteiger partial charge in [-0.2, -0.15) is 0 Å². The lowest BCUT2D eigenvalue weighted by Gasteiger charge is -2.17. The van der Waals surface area contributed by atoms with Crippen LogP contribution in [0.25, 0.3) is 21.3 Å². The van der Waals surface area contributed by atoms with Crippen molar-refractivity contribution in [1.82, 2.24) is 9.55 Å². The normalized spacial score (nSPS) is 12.4. The molecule has 0 N–H and O–H groups in total. The summed E-state index contributed by atoms with van der Waals surface area (Å²) in [6, 6.07) is 6.94. The number of hydrogen-bond acceptors (Lipinski definition) is 6. The molecule has 0 saturated heterocycles. The van der Waals surface area contributed by atoms with Crippen LogP contribution in [-0.2, 0) is 9.53 Å². The van der Waals surface area contributed by atoms with Crippen molar-refractivity contribution in [3.8, 4) is 16.9 Å². The Balaban J connectivity index is 2.11. The molecule has 1 atom stereocenters. The van der Waals surface area contributed by atoms with Gasteiger partial charge in [0.2, 0.25) is 0 Å². The van der Waals surface area contributed by atoms with Crippen LogP contribution < -0.4 is 10.3 Å². The average molecular weight is 429 g/mol. The average Bonchev–Trinajstić information content (AvgIpc) is 3.02. The molecule has 0 amide bonds. The van der Waals surface area contributed by atoms with Gasteiger partial charge >= 0.3 is 5.97 Å². The maximum atomic E-state index is 13.5.